The molecule has 1 aliphatic heterocycles. The molecule has 0 amide bonds. The van der Waals surface area contributed by atoms with E-state index in [0.29, 0.717) is 17.8 Å². The molecule has 6 nitrogen and oxygen atoms in total. The summed E-state index contributed by atoms with van der Waals surface area (Å²) in [5.41, 5.74) is 1.32. The molecule has 140 valence electrons. The minimum atomic E-state index is -3.82. The lowest BCUT2D eigenvalue weighted by atomic mass is 10.2. The third-order valence-corrected chi connectivity index (χ3v) is 7.33. The first-order valence-corrected chi connectivity index (χ1v) is 11.3. The summed E-state index contributed by atoms with van der Waals surface area (Å²) in [6.45, 7) is 1.50. The smallest absolute Gasteiger partial charge is 0.261 e. The van der Waals surface area contributed by atoms with Crippen molar-refractivity contribution in [3.63, 3.8) is 0 Å². The highest BCUT2D eigenvalue weighted by Gasteiger charge is 2.27. The van der Waals surface area contributed by atoms with Gasteiger partial charge in [0.2, 0.25) is 0 Å². The van der Waals surface area contributed by atoms with Crippen LogP contribution < -0.4 is 10.0 Å². The molecule has 9 heteroatoms. The van der Waals surface area contributed by atoms with Gasteiger partial charge in [0.05, 0.1) is 16.4 Å². The topological polar surface area (TPSA) is 92.3 Å². The van der Waals surface area contributed by atoms with E-state index in [2.05, 4.69) is 10.0 Å². The van der Waals surface area contributed by atoms with E-state index in [0.717, 1.165) is 6.07 Å². The van der Waals surface area contributed by atoms with Crippen LogP contribution in [0, 0.1) is 12.7 Å². The van der Waals surface area contributed by atoms with Crippen LogP contribution in [0.15, 0.2) is 47.4 Å². The van der Waals surface area contributed by atoms with Gasteiger partial charge in [-0.2, -0.15) is 0 Å². The van der Waals surface area contributed by atoms with Crippen molar-refractivity contribution in [1.29, 1.82) is 0 Å². The van der Waals surface area contributed by atoms with Crippen LogP contribution in [0.1, 0.15) is 12.0 Å². The largest absolute Gasteiger partial charge is 0.381 e. The van der Waals surface area contributed by atoms with Crippen LogP contribution in [0.3, 0.4) is 0 Å². The molecule has 1 fully saturated rings. The highest BCUT2D eigenvalue weighted by Crippen LogP contribution is 2.22. The summed E-state index contributed by atoms with van der Waals surface area (Å²) in [5, 5.41) is 3.13. The highest BCUT2D eigenvalue weighted by molar-refractivity contribution is 7.92. The molecule has 1 heterocycles. The highest BCUT2D eigenvalue weighted by atomic mass is 32.2. The lowest BCUT2D eigenvalue weighted by molar-refractivity contribution is 0.597. The number of halogens is 1. The molecule has 26 heavy (non-hydrogen) atoms. The first-order chi connectivity index (χ1) is 12.1. The van der Waals surface area contributed by atoms with Crippen molar-refractivity contribution in [1.82, 2.24) is 0 Å². The van der Waals surface area contributed by atoms with Crippen molar-refractivity contribution in [2.24, 2.45) is 0 Å². The first-order valence-electron chi connectivity index (χ1n) is 8.01. The van der Waals surface area contributed by atoms with E-state index >= 15 is 0 Å². The number of aryl methyl sites for hydroxylation is 1. The second kappa shape index (κ2) is 6.88. The van der Waals surface area contributed by atoms with Crippen LogP contribution >= 0.6 is 0 Å². The molecule has 0 spiro atoms. The molecule has 0 aliphatic carbocycles. The SMILES string of the molecule is Cc1cc(S(=O)(=O)Nc2ccc(NC3CCS(=O)(=O)C3)cc2)ccc1F. The Morgan fingerprint density at radius 1 is 1.08 bits per heavy atom. The quantitative estimate of drug-likeness (QED) is 0.807. The molecule has 1 saturated heterocycles. The van der Waals surface area contributed by atoms with Crippen LogP contribution in [0.25, 0.3) is 0 Å². The van der Waals surface area contributed by atoms with Gasteiger partial charge in [0.15, 0.2) is 9.84 Å². The maximum Gasteiger partial charge on any atom is 0.261 e. The third-order valence-electron chi connectivity index (χ3n) is 4.18. The minimum Gasteiger partial charge on any atom is -0.381 e. The van der Waals surface area contributed by atoms with E-state index in [1.807, 2.05) is 0 Å². The van der Waals surface area contributed by atoms with E-state index in [4.69, 9.17) is 0 Å². The molecule has 0 bridgehead atoms. The Balaban J connectivity index is 1.69. The van der Waals surface area contributed by atoms with E-state index in [1.165, 1.54) is 19.1 Å². The Morgan fingerprint density at radius 3 is 2.31 bits per heavy atom. The summed E-state index contributed by atoms with van der Waals surface area (Å²) in [5.74, 6) is -0.182. The van der Waals surface area contributed by atoms with Gasteiger partial charge in [-0.1, -0.05) is 0 Å². The number of benzene rings is 2. The van der Waals surface area contributed by atoms with Crippen molar-refractivity contribution < 1.29 is 21.2 Å². The van der Waals surface area contributed by atoms with Gasteiger partial charge in [-0.05, 0) is 61.4 Å². The number of anilines is 2. The Bertz CT molecular complexity index is 1020. The van der Waals surface area contributed by atoms with Crippen LogP contribution in [0.2, 0.25) is 0 Å². The molecule has 1 atom stereocenters. The van der Waals surface area contributed by atoms with Gasteiger partial charge in [-0.3, -0.25) is 4.72 Å². The molecule has 0 radical (unpaired) electrons. The van der Waals surface area contributed by atoms with Crippen LogP contribution in [-0.4, -0.2) is 34.4 Å². The van der Waals surface area contributed by atoms with Gasteiger partial charge in [0.1, 0.15) is 5.82 Å². The standard InChI is InChI=1S/C17H19FN2O4S2/c1-12-10-16(6-7-17(12)18)26(23,24)20-14-4-2-13(3-5-14)19-15-8-9-25(21,22)11-15/h2-7,10,15,19-20H,8-9,11H2,1H3. The summed E-state index contributed by atoms with van der Waals surface area (Å²) in [7, 11) is -6.79. The summed E-state index contributed by atoms with van der Waals surface area (Å²) >= 11 is 0. The maximum atomic E-state index is 13.3. The number of hydrogen-bond acceptors (Lipinski definition) is 5. The summed E-state index contributed by atoms with van der Waals surface area (Å²) in [4.78, 5) is -0.0187. The summed E-state index contributed by atoms with van der Waals surface area (Å²) < 4.78 is 63.5. The first kappa shape index (κ1) is 18.7. The maximum absolute atomic E-state index is 13.3. The van der Waals surface area contributed by atoms with Crippen molar-refractivity contribution in [3.8, 4) is 0 Å². The monoisotopic (exact) mass is 398 g/mol. The molecule has 3 rings (SSSR count). The Morgan fingerprint density at radius 2 is 1.73 bits per heavy atom. The second-order valence-corrected chi connectivity index (χ2v) is 10.2. The summed E-state index contributed by atoms with van der Waals surface area (Å²) in [6.07, 6.45) is 0.556. The molecule has 2 aromatic rings. The number of rotatable bonds is 5. The summed E-state index contributed by atoms with van der Waals surface area (Å²) in [6, 6.07) is 9.99. The predicted molar refractivity (Wildman–Crippen MR) is 99.1 cm³/mol. The van der Waals surface area contributed by atoms with Gasteiger partial charge in [-0.25, -0.2) is 21.2 Å². The van der Waals surface area contributed by atoms with Crippen LogP contribution in [0.4, 0.5) is 15.8 Å². The molecule has 1 aliphatic rings. The third kappa shape index (κ3) is 4.34. The van der Waals surface area contributed by atoms with E-state index in [1.54, 1.807) is 24.3 Å². The lowest BCUT2D eigenvalue weighted by Gasteiger charge is -2.13. The predicted octanol–water partition coefficient (Wildman–Crippen LogP) is 2.53. The normalized spacial score (nSPS) is 19.2. The average Bonchev–Trinajstić information content (AvgIpc) is 2.90. The minimum absolute atomic E-state index is 0.0187. The molecule has 1 unspecified atom stereocenters. The number of sulfone groups is 1. The number of sulfonamides is 1. The fourth-order valence-corrected chi connectivity index (χ4v) is 5.59. The van der Waals surface area contributed by atoms with Gasteiger partial charge < -0.3 is 5.32 Å². The zero-order valence-corrected chi connectivity index (χ0v) is 15.7. The van der Waals surface area contributed by atoms with Gasteiger partial charge in [0.25, 0.3) is 10.0 Å². The molecule has 0 saturated carbocycles. The Hall–Kier alpha value is -2.13. The fraction of sp³-hybridized carbons (Fsp3) is 0.294. The van der Waals surface area contributed by atoms with Crippen molar-refractivity contribution in [2.75, 3.05) is 21.5 Å². The number of nitrogens with one attached hydrogen (secondary N) is 2. The van der Waals surface area contributed by atoms with Crippen molar-refractivity contribution >= 4 is 31.2 Å². The van der Waals surface area contributed by atoms with Gasteiger partial charge >= 0.3 is 0 Å². The van der Waals surface area contributed by atoms with E-state index < -0.39 is 25.7 Å². The van der Waals surface area contributed by atoms with Crippen molar-refractivity contribution in [3.05, 3.63) is 53.8 Å². The molecular weight excluding hydrogens is 379 g/mol. The van der Waals surface area contributed by atoms with Gasteiger partial charge in [0, 0.05) is 17.4 Å². The molecule has 2 N–H and O–H groups in total. The molecule has 2 aromatic carbocycles. The zero-order valence-electron chi connectivity index (χ0n) is 14.1. The van der Waals surface area contributed by atoms with Crippen molar-refractivity contribution in [2.45, 2.75) is 24.3 Å². The Labute approximate surface area is 152 Å². The zero-order chi connectivity index (χ0) is 18.9. The average molecular weight is 398 g/mol. The van der Waals surface area contributed by atoms with E-state index in [9.17, 15) is 21.2 Å². The Kier molecular flexibility index (Phi) is 4.94. The van der Waals surface area contributed by atoms with E-state index in [-0.39, 0.29) is 28.0 Å². The molecule has 0 aromatic heterocycles. The van der Waals surface area contributed by atoms with Crippen LogP contribution in [0.5, 0.6) is 0 Å². The van der Waals surface area contributed by atoms with Crippen LogP contribution in [-0.2, 0) is 19.9 Å². The fourth-order valence-electron chi connectivity index (χ4n) is 2.78. The molecular formula is C17H19FN2O4S2. The number of hydrogen-bond donors (Lipinski definition) is 2. The second-order valence-electron chi connectivity index (χ2n) is 6.34. The lowest BCUT2D eigenvalue weighted by Crippen LogP contribution is -2.20. The van der Waals surface area contributed by atoms with Gasteiger partial charge in [-0.15, -0.1) is 0 Å².